The molecule has 3 nitrogen and oxygen atoms in total. The lowest BCUT2D eigenvalue weighted by Crippen LogP contribution is -1.84. The van der Waals surface area contributed by atoms with Crippen molar-refractivity contribution in [3.63, 3.8) is 0 Å². The minimum Gasteiger partial charge on any atom is -0.277 e. The van der Waals surface area contributed by atoms with E-state index in [1.54, 1.807) is 6.20 Å². The minimum atomic E-state index is 1.08. The van der Waals surface area contributed by atoms with E-state index in [-0.39, 0.29) is 0 Å². The molecule has 4 heteroatoms. The Bertz CT molecular complexity index is 439. The lowest BCUT2D eigenvalue weighted by atomic mass is 10.2. The van der Waals surface area contributed by atoms with E-state index in [2.05, 4.69) is 28.2 Å². The first kappa shape index (κ1) is 12.2. The molecular weight excluding hydrogens is 230 g/mol. The molecule has 2 aromatic heterocycles. The van der Waals surface area contributed by atoms with Gasteiger partial charge in [0.2, 0.25) is 0 Å². The average molecular weight is 247 g/mol. The van der Waals surface area contributed by atoms with Crippen LogP contribution in [0.25, 0.3) is 11.3 Å². The first-order chi connectivity index (χ1) is 8.42. The number of H-pyrrole nitrogens is 1. The van der Waals surface area contributed by atoms with Crippen LogP contribution in [0.5, 0.6) is 0 Å². The predicted molar refractivity (Wildman–Crippen MR) is 72.1 cm³/mol. The zero-order valence-electron chi connectivity index (χ0n) is 10.0. The Balaban J connectivity index is 2.02. The van der Waals surface area contributed by atoms with Crippen molar-refractivity contribution in [3.05, 3.63) is 30.7 Å². The van der Waals surface area contributed by atoms with Crippen molar-refractivity contribution < 1.29 is 0 Å². The number of unbranched alkanes of at least 4 members (excludes halogenated alkanes) is 2. The van der Waals surface area contributed by atoms with Crippen LogP contribution in [0, 0.1) is 0 Å². The lowest BCUT2D eigenvalue weighted by Gasteiger charge is -2.02. The van der Waals surface area contributed by atoms with Gasteiger partial charge in [-0.2, -0.15) is 5.10 Å². The summed E-state index contributed by atoms with van der Waals surface area (Å²) >= 11 is 1.87. The molecule has 1 N–H and O–H groups in total. The highest BCUT2D eigenvalue weighted by Gasteiger charge is 2.07. The summed E-state index contributed by atoms with van der Waals surface area (Å²) in [6.45, 7) is 2.23. The Hall–Kier alpha value is -1.29. The van der Waals surface area contributed by atoms with Crippen LogP contribution in [-0.4, -0.2) is 20.9 Å². The zero-order chi connectivity index (χ0) is 11.9. The van der Waals surface area contributed by atoms with Crippen LogP contribution < -0.4 is 0 Å². The molecule has 0 saturated carbocycles. The third kappa shape index (κ3) is 3.33. The summed E-state index contributed by atoms with van der Waals surface area (Å²) in [5.74, 6) is 1.15. The molecule has 17 heavy (non-hydrogen) atoms. The highest BCUT2D eigenvalue weighted by Crippen LogP contribution is 2.29. The molecule has 0 aliphatic rings. The third-order valence-corrected chi connectivity index (χ3v) is 3.67. The van der Waals surface area contributed by atoms with Crippen molar-refractivity contribution in [1.29, 1.82) is 0 Å². The zero-order valence-corrected chi connectivity index (χ0v) is 10.8. The lowest BCUT2D eigenvalue weighted by molar-refractivity contribution is 0.778. The number of pyridine rings is 1. The molecular formula is C13H17N3S. The van der Waals surface area contributed by atoms with Crippen molar-refractivity contribution in [2.24, 2.45) is 0 Å². The Labute approximate surface area is 106 Å². The van der Waals surface area contributed by atoms with Crippen LogP contribution in [0.4, 0.5) is 0 Å². The van der Waals surface area contributed by atoms with E-state index in [1.807, 2.05) is 30.2 Å². The molecule has 0 aromatic carbocycles. The van der Waals surface area contributed by atoms with Crippen molar-refractivity contribution in [2.45, 2.75) is 31.1 Å². The van der Waals surface area contributed by atoms with Gasteiger partial charge in [-0.25, -0.2) is 0 Å². The minimum absolute atomic E-state index is 1.08. The molecule has 0 radical (unpaired) electrons. The molecule has 0 bridgehead atoms. The van der Waals surface area contributed by atoms with Gasteiger partial charge in [0.1, 0.15) is 0 Å². The number of rotatable bonds is 6. The summed E-state index contributed by atoms with van der Waals surface area (Å²) in [6.07, 6.45) is 9.38. The first-order valence-electron chi connectivity index (χ1n) is 5.98. The highest BCUT2D eigenvalue weighted by molar-refractivity contribution is 7.99. The normalized spacial score (nSPS) is 10.6. The topological polar surface area (TPSA) is 41.6 Å². The molecule has 0 atom stereocenters. The van der Waals surface area contributed by atoms with Gasteiger partial charge >= 0.3 is 0 Å². The quantitative estimate of drug-likeness (QED) is 0.624. The fourth-order valence-electron chi connectivity index (χ4n) is 1.64. The molecule has 0 amide bonds. The fourth-order valence-corrected chi connectivity index (χ4v) is 2.64. The van der Waals surface area contributed by atoms with E-state index in [9.17, 15) is 0 Å². The summed E-state index contributed by atoms with van der Waals surface area (Å²) in [4.78, 5) is 5.35. The van der Waals surface area contributed by atoms with Crippen molar-refractivity contribution >= 4 is 11.8 Å². The second-order valence-corrected chi connectivity index (χ2v) is 5.04. The third-order valence-electron chi connectivity index (χ3n) is 2.56. The first-order valence-corrected chi connectivity index (χ1v) is 6.97. The van der Waals surface area contributed by atoms with E-state index >= 15 is 0 Å². The monoisotopic (exact) mass is 247 g/mol. The van der Waals surface area contributed by atoms with Crippen molar-refractivity contribution in [3.8, 4) is 11.3 Å². The second-order valence-electron chi connectivity index (χ2n) is 3.91. The summed E-state index contributed by atoms with van der Waals surface area (Å²) in [5.41, 5.74) is 2.18. The maximum atomic E-state index is 4.13. The molecule has 90 valence electrons. The van der Waals surface area contributed by atoms with E-state index in [0.29, 0.717) is 0 Å². The number of nitrogens with one attached hydrogen (secondary N) is 1. The molecule has 0 fully saturated rings. The predicted octanol–water partition coefficient (Wildman–Crippen LogP) is 3.75. The Morgan fingerprint density at radius 2 is 2.24 bits per heavy atom. The van der Waals surface area contributed by atoms with Crippen molar-refractivity contribution in [2.75, 3.05) is 5.75 Å². The number of nitrogens with zero attached hydrogens (tertiary/aromatic N) is 2. The summed E-state index contributed by atoms with van der Waals surface area (Å²) in [5, 5.41) is 7.18. The van der Waals surface area contributed by atoms with Gasteiger partial charge in [0.25, 0.3) is 0 Å². The molecule has 2 heterocycles. The van der Waals surface area contributed by atoms with Crippen LogP contribution in [0.15, 0.2) is 35.6 Å². The van der Waals surface area contributed by atoms with Gasteiger partial charge in [0.15, 0.2) is 0 Å². The SMILES string of the molecule is CCCCCSc1cn[nH]c1-c1cccnc1. The van der Waals surface area contributed by atoms with Crippen molar-refractivity contribution in [1.82, 2.24) is 15.2 Å². The number of hydrogen-bond acceptors (Lipinski definition) is 3. The van der Waals surface area contributed by atoms with Gasteiger partial charge in [0, 0.05) is 18.0 Å². The number of thioether (sulfide) groups is 1. The largest absolute Gasteiger partial charge is 0.277 e. The Kier molecular flexibility index (Phi) is 4.62. The smallest absolute Gasteiger partial charge is 0.0801 e. The Morgan fingerprint density at radius 3 is 3.00 bits per heavy atom. The van der Waals surface area contributed by atoms with Crippen LogP contribution >= 0.6 is 11.8 Å². The van der Waals surface area contributed by atoms with E-state index in [4.69, 9.17) is 0 Å². The second kappa shape index (κ2) is 6.45. The van der Waals surface area contributed by atoms with Crippen LogP contribution in [0.3, 0.4) is 0 Å². The summed E-state index contributed by atoms with van der Waals surface area (Å²) in [7, 11) is 0. The van der Waals surface area contributed by atoms with E-state index < -0.39 is 0 Å². The summed E-state index contributed by atoms with van der Waals surface area (Å²) < 4.78 is 0. The average Bonchev–Trinajstić information content (AvgIpc) is 2.84. The number of aromatic amines is 1. The van der Waals surface area contributed by atoms with Crippen LogP contribution in [0.1, 0.15) is 26.2 Å². The van der Waals surface area contributed by atoms with E-state index in [0.717, 1.165) is 17.0 Å². The molecule has 0 aliphatic carbocycles. The molecule has 0 unspecified atom stereocenters. The fraction of sp³-hybridized carbons (Fsp3) is 0.385. The molecule has 0 aliphatic heterocycles. The molecule has 0 saturated heterocycles. The maximum Gasteiger partial charge on any atom is 0.0801 e. The molecule has 2 aromatic rings. The van der Waals surface area contributed by atoms with Crippen LogP contribution in [0.2, 0.25) is 0 Å². The molecule has 0 spiro atoms. The molecule has 2 rings (SSSR count). The van der Waals surface area contributed by atoms with Gasteiger partial charge in [-0.15, -0.1) is 11.8 Å². The summed E-state index contributed by atoms with van der Waals surface area (Å²) in [6, 6.07) is 4.00. The Morgan fingerprint density at radius 1 is 1.29 bits per heavy atom. The van der Waals surface area contributed by atoms with Gasteiger partial charge < -0.3 is 0 Å². The number of aromatic nitrogens is 3. The van der Waals surface area contributed by atoms with Gasteiger partial charge in [-0.05, 0) is 24.3 Å². The maximum absolute atomic E-state index is 4.13. The van der Waals surface area contributed by atoms with Gasteiger partial charge in [0.05, 0.1) is 16.8 Å². The number of hydrogen-bond donors (Lipinski definition) is 1. The van der Waals surface area contributed by atoms with Crippen LogP contribution in [-0.2, 0) is 0 Å². The standard InChI is InChI=1S/C13H17N3S/c1-2-3-4-8-17-12-10-15-16-13(12)11-6-5-7-14-9-11/h5-7,9-10H,2-4,8H2,1H3,(H,15,16). The van der Waals surface area contributed by atoms with Gasteiger partial charge in [-0.3, -0.25) is 10.1 Å². The van der Waals surface area contributed by atoms with Gasteiger partial charge in [-0.1, -0.05) is 19.8 Å². The van der Waals surface area contributed by atoms with E-state index in [1.165, 1.54) is 24.2 Å². The highest BCUT2D eigenvalue weighted by atomic mass is 32.2.